The molecular formula is C11H12ClN3S. The molecule has 0 fully saturated rings. The standard InChI is InChI=1S/C11H12ClN3S/c1-6-3-4-8(12)5-9(6)11-15-14-10(16-11)7(2)13/h3-5,7H,13H2,1-2H3. The van der Waals surface area contributed by atoms with E-state index in [4.69, 9.17) is 17.3 Å². The molecule has 5 heteroatoms. The molecule has 0 aliphatic heterocycles. The highest BCUT2D eigenvalue weighted by Crippen LogP contribution is 2.30. The van der Waals surface area contributed by atoms with Crippen molar-refractivity contribution < 1.29 is 0 Å². The van der Waals surface area contributed by atoms with Gasteiger partial charge in [-0.1, -0.05) is 29.0 Å². The average Bonchev–Trinajstić information content (AvgIpc) is 2.70. The molecule has 84 valence electrons. The van der Waals surface area contributed by atoms with Crippen LogP contribution in [-0.2, 0) is 0 Å². The Bertz CT molecular complexity index is 508. The lowest BCUT2D eigenvalue weighted by Gasteiger charge is -2.01. The van der Waals surface area contributed by atoms with E-state index in [0.717, 1.165) is 21.1 Å². The Hall–Kier alpha value is -0.970. The predicted octanol–water partition coefficient (Wildman–Crippen LogP) is 3.19. The summed E-state index contributed by atoms with van der Waals surface area (Å²) in [7, 11) is 0. The Kier molecular flexibility index (Phi) is 3.23. The zero-order valence-corrected chi connectivity index (χ0v) is 10.6. The number of nitrogens with two attached hydrogens (primary N) is 1. The Labute approximate surface area is 103 Å². The third kappa shape index (κ3) is 2.24. The normalized spacial score (nSPS) is 12.8. The fourth-order valence-corrected chi connectivity index (χ4v) is 2.40. The number of aryl methyl sites for hydroxylation is 1. The van der Waals surface area contributed by atoms with Gasteiger partial charge in [0.05, 0.1) is 6.04 Å². The van der Waals surface area contributed by atoms with Gasteiger partial charge in [0, 0.05) is 10.6 Å². The van der Waals surface area contributed by atoms with Crippen LogP contribution < -0.4 is 5.73 Å². The van der Waals surface area contributed by atoms with Crippen LogP contribution in [-0.4, -0.2) is 10.2 Å². The van der Waals surface area contributed by atoms with Crippen LogP contribution in [0.15, 0.2) is 18.2 Å². The molecule has 2 rings (SSSR count). The van der Waals surface area contributed by atoms with Crippen LogP contribution in [0, 0.1) is 6.92 Å². The van der Waals surface area contributed by atoms with Crippen molar-refractivity contribution in [2.45, 2.75) is 19.9 Å². The van der Waals surface area contributed by atoms with Gasteiger partial charge >= 0.3 is 0 Å². The first-order valence-corrected chi connectivity index (χ1v) is 6.13. The van der Waals surface area contributed by atoms with Crippen molar-refractivity contribution in [3.63, 3.8) is 0 Å². The molecule has 0 aliphatic rings. The van der Waals surface area contributed by atoms with Gasteiger partial charge in [0.2, 0.25) is 0 Å². The van der Waals surface area contributed by atoms with E-state index < -0.39 is 0 Å². The molecule has 1 aromatic heterocycles. The Morgan fingerprint density at radius 2 is 2.12 bits per heavy atom. The minimum absolute atomic E-state index is 0.0780. The molecule has 0 amide bonds. The number of benzene rings is 1. The van der Waals surface area contributed by atoms with Gasteiger partial charge in [-0.25, -0.2) is 0 Å². The van der Waals surface area contributed by atoms with Crippen LogP contribution in [0.1, 0.15) is 23.5 Å². The molecule has 2 aromatic rings. The Balaban J connectivity index is 2.46. The van der Waals surface area contributed by atoms with Crippen molar-refractivity contribution in [3.05, 3.63) is 33.8 Å². The maximum Gasteiger partial charge on any atom is 0.148 e. The van der Waals surface area contributed by atoms with Gasteiger partial charge in [-0.15, -0.1) is 10.2 Å². The van der Waals surface area contributed by atoms with E-state index in [1.165, 1.54) is 11.3 Å². The van der Waals surface area contributed by atoms with E-state index in [2.05, 4.69) is 10.2 Å². The SMILES string of the molecule is Cc1ccc(Cl)cc1-c1nnc(C(C)N)s1. The van der Waals surface area contributed by atoms with E-state index >= 15 is 0 Å². The summed E-state index contributed by atoms with van der Waals surface area (Å²) in [4.78, 5) is 0. The summed E-state index contributed by atoms with van der Waals surface area (Å²) in [6, 6.07) is 5.67. The zero-order chi connectivity index (χ0) is 11.7. The monoisotopic (exact) mass is 253 g/mol. The third-order valence-electron chi connectivity index (χ3n) is 2.26. The van der Waals surface area contributed by atoms with Crippen molar-refractivity contribution in [2.24, 2.45) is 5.73 Å². The zero-order valence-electron chi connectivity index (χ0n) is 9.07. The maximum atomic E-state index is 5.97. The van der Waals surface area contributed by atoms with Gasteiger partial charge in [0.15, 0.2) is 0 Å². The summed E-state index contributed by atoms with van der Waals surface area (Å²) < 4.78 is 0. The van der Waals surface area contributed by atoms with Gasteiger partial charge < -0.3 is 5.73 Å². The fraction of sp³-hybridized carbons (Fsp3) is 0.273. The minimum atomic E-state index is -0.0780. The lowest BCUT2D eigenvalue weighted by molar-refractivity contribution is 0.786. The molecular weight excluding hydrogens is 242 g/mol. The van der Waals surface area contributed by atoms with E-state index in [1.54, 1.807) is 0 Å². The summed E-state index contributed by atoms with van der Waals surface area (Å²) in [5, 5.41) is 10.6. The summed E-state index contributed by atoms with van der Waals surface area (Å²) >= 11 is 7.48. The number of hydrogen-bond acceptors (Lipinski definition) is 4. The molecule has 1 aromatic carbocycles. The van der Waals surface area contributed by atoms with Crippen molar-refractivity contribution in [1.82, 2.24) is 10.2 Å². The van der Waals surface area contributed by atoms with Gasteiger partial charge in [-0.05, 0) is 31.5 Å². The van der Waals surface area contributed by atoms with Crippen molar-refractivity contribution in [1.29, 1.82) is 0 Å². The Morgan fingerprint density at radius 1 is 1.38 bits per heavy atom. The Morgan fingerprint density at radius 3 is 2.75 bits per heavy atom. The molecule has 0 saturated carbocycles. The van der Waals surface area contributed by atoms with Gasteiger partial charge in [-0.2, -0.15) is 0 Å². The fourth-order valence-electron chi connectivity index (χ4n) is 1.35. The van der Waals surface area contributed by atoms with Gasteiger partial charge in [0.1, 0.15) is 10.0 Å². The first kappa shape index (κ1) is 11.5. The molecule has 0 saturated heterocycles. The van der Waals surface area contributed by atoms with Crippen molar-refractivity contribution in [2.75, 3.05) is 0 Å². The molecule has 1 heterocycles. The van der Waals surface area contributed by atoms with Gasteiger partial charge in [-0.3, -0.25) is 0 Å². The molecule has 0 aliphatic carbocycles. The summed E-state index contributed by atoms with van der Waals surface area (Å²) in [6.45, 7) is 3.92. The lowest BCUT2D eigenvalue weighted by atomic mass is 10.1. The summed E-state index contributed by atoms with van der Waals surface area (Å²) in [6.07, 6.45) is 0. The molecule has 0 bridgehead atoms. The average molecular weight is 254 g/mol. The highest BCUT2D eigenvalue weighted by atomic mass is 35.5. The number of hydrogen-bond donors (Lipinski definition) is 1. The van der Waals surface area contributed by atoms with Crippen molar-refractivity contribution in [3.8, 4) is 10.6 Å². The molecule has 1 atom stereocenters. The molecule has 16 heavy (non-hydrogen) atoms. The molecule has 1 unspecified atom stereocenters. The smallest absolute Gasteiger partial charge is 0.148 e. The van der Waals surface area contributed by atoms with E-state index in [0.29, 0.717) is 5.02 Å². The van der Waals surface area contributed by atoms with E-state index in [9.17, 15) is 0 Å². The minimum Gasteiger partial charge on any atom is -0.322 e. The molecule has 2 N–H and O–H groups in total. The number of aromatic nitrogens is 2. The summed E-state index contributed by atoms with van der Waals surface area (Å²) in [5.41, 5.74) is 7.92. The molecule has 3 nitrogen and oxygen atoms in total. The van der Waals surface area contributed by atoms with Gasteiger partial charge in [0.25, 0.3) is 0 Å². The molecule has 0 spiro atoms. The quantitative estimate of drug-likeness (QED) is 0.894. The number of halogens is 1. The number of rotatable bonds is 2. The van der Waals surface area contributed by atoms with E-state index in [1.807, 2.05) is 32.0 Å². The highest BCUT2D eigenvalue weighted by molar-refractivity contribution is 7.14. The second kappa shape index (κ2) is 4.49. The summed E-state index contributed by atoms with van der Waals surface area (Å²) in [5.74, 6) is 0. The third-order valence-corrected chi connectivity index (χ3v) is 3.65. The van der Waals surface area contributed by atoms with Crippen LogP contribution in [0.5, 0.6) is 0 Å². The van der Waals surface area contributed by atoms with E-state index in [-0.39, 0.29) is 6.04 Å². The first-order valence-electron chi connectivity index (χ1n) is 4.93. The number of nitrogens with zero attached hydrogens (tertiary/aromatic N) is 2. The van der Waals surface area contributed by atoms with Crippen molar-refractivity contribution >= 4 is 22.9 Å². The predicted molar refractivity (Wildman–Crippen MR) is 67.7 cm³/mol. The lowest BCUT2D eigenvalue weighted by Crippen LogP contribution is -2.03. The van der Waals surface area contributed by atoms with Crippen LogP contribution in [0.3, 0.4) is 0 Å². The maximum absolute atomic E-state index is 5.97. The topological polar surface area (TPSA) is 51.8 Å². The van der Waals surface area contributed by atoms with Crippen LogP contribution in [0.25, 0.3) is 10.6 Å². The largest absolute Gasteiger partial charge is 0.322 e. The highest BCUT2D eigenvalue weighted by Gasteiger charge is 2.11. The first-order chi connectivity index (χ1) is 7.58. The van der Waals surface area contributed by atoms with Crippen LogP contribution in [0.4, 0.5) is 0 Å². The van der Waals surface area contributed by atoms with Crippen LogP contribution in [0.2, 0.25) is 5.02 Å². The molecule has 0 radical (unpaired) electrons. The second-order valence-electron chi connectivity index (χ2n) is 3.69. The second-order valence-corrected chi connectivity index (χ2v) is 5.14. The van der Waals surface area contributed by atoms with Crippen LogP contribution >= 0.6 is 22.9 Å².